The summed E-state index contributed by atoms with van der Waals surface area (Å²) in [6.07, 6.45) is 14.0. The van der Waals surface area contributed by atoms with Gasteiger partial charge in [-0.25, -0.2) is 0 Å². The number of likely N-dealkylation sites (tertiary alicyclic amines) is 1. The van der Waals surface area contributed by atoms with E-state index in [1.165, 1.54) is 51.5 Å². The Bertz CT molecular complexity index is 339. The molecule has 0 aromatic carbocycles. The third-order valence-corrected chi connectivity index (χ3v) is 6.35. The maximum atomic E-state index is 10.4. The van der Waals surface area contributed by atoms with E-state index in [2.05, 4.69) is 4.90 Å². The highest BCUT2D eigenvalue weighted by Crippen LogP contribution is 2.39. The first kappa shape index (κ1) is 16.7. The Hall–Kier alpha value is -0.120. The van der Waals surface area contributed by atoms with Crippen molar-refractivity contribution in [3.05, 3.63) is 0 Å². The molecular weight excluding hydrogens is 274 g/mol. The number of hydrogen-bond donors (Lipinski definition) is 1. The van der Waals surface area contributed by atoms with E-state index in [1.807, 2.05) is 6.92 Å². The Morgan fingerprint density at radius 2 is 1.73 bits per heavy atom. The molecule has 2 aliphatic heterocycles. The lowest BCUT2D eigenvalue weighted by Crippen LogP contribution is -2.53. The van der Waals surface area contributed by atoms with Gasteiger partial charge in [0, 0.05) is 19.5 Å². The molecule has 128 valence electrons. The average Bonchev–Trinajstić information content (AvgIpc) is 2.74. The highest BCUT2D eigenvalue weighted by molar-refractivity contribution is 4.96. The quantitative estimate of drug-likeness (QED) is 0.806. The second kappa shape index (κ2) is 7.19. The summed E-state index contributed by atoms with van der Waals surface area (Å²) in [6.45, 7) is 6.30. The van der Waals surface area contributed by atoms with Gasteiger partial charge in [0.2, 0.25) is 0 Å². The molecule has 0 amide bonds. The van der Waals surface area contributed by atoms with E-state index < -0.39 is 5.60 Å². The highest BCUT2D eigenvalue weighted by Gasteiger charge is 2.44. The maximum Gasteiger partial charge on any atom is 0.0734 e. The fraction of sp³-hybridized carbons (Fsp3) is 1.00. The maximum absolute atomic E-state index is 10.4. The van der Waals surface area contributed by atoms with Crippen LogP contribution in [0.25, 0.3) is 0 Å². The molecule has 0 aromatic rings. The summed E-state index contributed by atoms with van der Waals surface area (Å²) in [7, 11) is 0. The Morgan fingerprint density at radius 3 is 2.36 bits per heavy atom. The van der Waals surface area contributed by atoms with Gasteiger partial charge in [0.25, 0.3) is 0 Å². The summed E-state index contributed by atoms with van der Waals surface area (Å²) >= 11 is 0. The van der Waals surface area contributed by atoms with Crippen molar-refractivity contribution in [2.24, 2.45) is 5.92 Å². The molecule has 3 aliphatic rings. The third-order valence-electron chi connectivity index (χ3n) is 6.35. The van der Waals surface area contributed by atoms with Crippen molar-refractivity contribution < 1.29 is 9.84 Å². The molecule has 0 radical (unpaired) electrons. The van der Waals surface area contributed by atoms with E-state index >= 15 is 0 Å². The van der Waals surface area contributed by atoms with Crippen LogP contribution in [0, 0.1) is 5.92 Å². The van der Waals surface area contributed by atoms with Gasteiger partial charge in [-0.3, -0.25) is 0 Å². The second-order valence-corrected chi connectivity index (χ2v) is 8.44. The fourth-order valence-corrected chi connectivity index (χ4v) is 4.84. The second-order valence-electron chi connectivity index (χ2n) is 8.44. The Labute approximate surface area is 136 Å². The topological polar surface area (TPSA) is 32.7 Å². The van der Waals surface area contributed by atoms with Crippen molar-refractivity contribution in [2.45, 2.75) is 88.8 Å². The molecule has 3 fully saturated rings. The Balaban J connectivity index is 1.41. The monoisotopic (exact) mass is 309 g/mol. The minimum atomic E-state index is -0.513. The number of aliphatic hydroxyl groups is 1. The van der Waals surface area contributed by atoms with E-state index in [0.717, 1.165) is 51.3 Å². The lowest BCUT2D eigenvalue weighted by molar-refractivity contribution is -0.172. The van der Waals surface area contributed by atoms with Gasteiger partial charge in [-0.15, -0.1) is 0 Å². The molecule has 3 nitrogen and oxygen atoms in total. The van der Waals surface area contributed by atoms with Crippen LogP contribution in [0.4, 0.5) is 0 Å². The van der Waals surface area contributed by atoms with E-state index in [4.69, 9.17) is 4.74 Å². The summed E-state index contributed by atoms with van der Waals surface area (Å²) < 4.78 is 6.11. The Kier molecular flexibility index (Phi) is 5.47. The van der Waals surface area contributed by atoms with Gasteiger partial charge in [-0.05, 0) is 45.1 Å². The third kappa shape index (κ3) is 4.46. The van der Waals surface area contributed by atoms with Crippen molar-refractivity contribution in [3.63, 3.8) is 0 Å². The van der Waals surface area contributed by atoms with Crippen molar-refractivity contribution in [3.8, 4) is 0 Å². The van der Waals surface area contributed by atoms with E-state index in [-0.39, 0.29) is 5.60 Å². The molecule has 3 rings (SSSR count). The highest BCUT2D eigenvalue weighted by atomic mass is 16.5. The predicted octanol–water partition coefficient (Wildman–Crippen LogP) is 3.74. The van der Waals surface area contributed by atoms with Crippen LogP contribution in [0.3, 0.4) is 0 Å². The summed E-state index contributed by atoms with van der Waals surface area (Å²) in [4.78, 5) is 2.64. The van der Waals surface area contributed by atoms with Crippen LogP contribution in [0.15, 0.2) is 0 Å². The lowest BCUT2D eigenvalue weighted by Gasteiger charge is -2.48. The summed E-state index contributed by atoms with van der Waals surface area (Å²) in [5.74, 6) is 0.977. The summed E-state index contributed by atoms with van der Waals surface area (Å²) in [5, 5.41) is 10.4. The molecule has 0 aromatic heterocycles. The normalized spacial score (nSPS) is 34.6. The van der Waals surface area contributed by atoms with Crippen LogP contribution in [0.1, 0.15) is 77.6 Å². The molecule has 2 saturated heterocycles. The molecule has 1 aliphatic carbocycles. The molecular formula is C19H35NO2. The molecule has 0 bridgehead atoms. The van der Waals surface area contributed by atoms with Gasteiger partial charge in [0.15, 0.2) is 0 Å². The zero-order valence-electron chi connectivity index (χ0n) is 14.5. The minimum Gasteiger partial charge on any atom is -0.390 e. The van der Waals surface area contributed by atoms with E-state index in [1.54, 1.807) is 0 Å². The van der Waals surface area contributed by atoms with Gasteiger partial charge in [-0.2, -0.15) is 0 Å². The number of nitrogens with zero attached hydrogens (tertiary/aromatic N) is 1. The number of hydrogen-bond acceptors (Lipinski definition) is 3. The summed E-state index contributed by atoms with van der Waals surface area (Å²) in [6, 6.07) is 0. The predicted molar refractivity (Wildman–Crippen MR) is 90.0 cm³/mol. The Morgan fingerprint density at radius 1 is 1.05 bits per heavy atom. The molecule has 1 saturated carbocycles. The number of ether oxygens (including phenoxy) is 1. The van der Waals surface area contributed by atoms with Crippen molar-refractivity contribution in [1.29, 1.82) is 0 Å². The van der Waals surface area contributed by atoms with Crippen LogP contribution in [0.5, 0.6) is 0 Å². The zero-order chi connectivity index (χ0) is 15.5. The van der Waals surface area contributed by atoms with Crippen LogP contribution >= 0.6 is 0 Å². The SMILES string of the molecule is CC1(O)CCOC2(CCN(CCC3CCCCCC3)CC2)C1. The molecule has 2 heterocycles. The standard InChI is InChI=1S/C19H35NO2/c1-18(21)11-15-22-19(16-18)9-13-20(14-10-19)12-8-17-6-4-2-3-5-7-17/h17,21H,2-16H2,1H3. The van der Waals surface area contributed by atoms with Gasteiger partial charge >= 0.3 is 0 Å². The first-order valence-electron chi connectivity index (χ1n) is 9.66. The summed E-state index contributed by atoms with van der Waals surface area (Å²) in [5.41, 5.74) is -0.540. The van der Waals surface area contributed by atoms with Gasteiger partial charge in [0.05, 0.1) is 17.8 Å². The zero-order valence-corrected chi connectivity index (χ0v) is 14.5. The smallest absolute Gasteiger partial charge is 0.0734 e. The molecule has 22 heavy (non-hydrogen) atoms. The van der Waals surface area contributed by atoms with Gasteiger partial charge < -0.3 is 14.7 Å². The average molecular weight is 309 g/mol. The van der Waals surface area contributed by atoms with E-state index in [9.17, 15) is 5.11 Å². The van der Waals surface area contributed by atoms with Crippen LogP contribution in [-0.4, -0.2) is 47.4 Å². The van der Waals surface area contributed by atoms with Gasteiger partial charge in [0.1, 0.15) is 0 Å². The molecule has 1 atom stereocenters. The molecule has 1 spiro atoms. The lowest BCUT2D eigenvalue weighted by atomic mass is 9.78. The van der Waals surface area contributed by atoms with Crippen molar-refractivity contribution >= 4 is 0 Å². The minimum absolute atomic E-state index is 0.0272. The molecule has 1 N–H and O–H groups in total. The largest absolute Gasteiger partial charge is 0.390 e. The molecule has 3 heteroatoms. The molecule has 1 unspecified atom stereocenters. The van der Waals surface area contributed by atoms with Crippen molar-refractivity contribution in [2.75, 3.05) is 26.2 Å². The number of rotatable bonds is 3. The van der Waals surface area contributed by atoms with Crippen molar-refractivity contribution in [1.82, 2.24) is 4.90 Å². The van der Waals surface area contributed by atoms with Crippen LogP contribution in [-0.2, 0) is 4.74 Å². The first-order chi connectivity index (χ1) is 10.6. The first-order valence-corrected chi connectivity index (χ1v) is 9.66. The van der Waals surface area contributed by atoms with Gasteiger partial charge in [-0.1, -0.05) is 38.5 Å². The number of piperidine rings is 1. The fourth-order valence-electron chi connectivity index (χ4n) is 4.84. The van der Waals surface area contributed by atoms with E-state index in [0.29, 0.717) is 0 Å². The van der Waals surface area contributed by atoms with Crippen LogP contribution < -0.4 is 0 Å². The van der Waals surface area contributed by atoms with Crippen LogP contribution in [0.2, 0.25) is 0 Å².